The third-order valence-electron chi connectivity index (χ3n) is 5.60. The van der Waals surface area contributed by atoms with Gasteiger partial charge < -0.3 is 15.4 Å². The van der Waals surface area contributed by atoms with Crippen molar-refractivity contribution in [2.75, 3.05) is 13.7 Å². The summed E-state index contributed by atoms with van der Waals surface area (Å²) in [5.74, 6) is -2.91. The molecular formula is C23H28F6N2O3. The Bertz CT molecular complexity index is 937. The van der Waals surface area contributed by atoms with Crippen molar-refractivity contribution in [2.24, 2.45) is 5.41 Å². The smallest absolute Gasteiger partial charge is 0.425 e. The minimum Gasteiger partial charge on any atom is -0.497 e. The number of unbranched alkanes of at least 4 members (excludes halogenated alkanes) is 1. The molecule has 1 aromatic rings. The predicted octanol–water partition coefficient (Wildman–Crippen LogP) is 5.32. The van der Waals surface area contributed by atoms with Crippen LogP contribution in [0.3, 0.4) is 0 Å². The van der Waals surface area contributed by atoms with Crippen molar-refractivity contribution in [3.8, 4) is 5.75 Å². The number of halogens is 6. The van der Waals surface area contributed by atoms with Gasteiger partial charge in [0.05, 0.1) is 12.7 Å². The van der Waals surface area contributed by atoms with E-state index in [1.807, 2.05) is 0 Å². The van der Waals surface area contributed by atoms with Gasteiger partial charge in [-0.2, -0.15) is 26.3 Å². The molecule has 0 aliphatic heterocycles. The number of nitrogens with one attached hydrogen (secondary N) is 2. The van der Waals surface area contributed by atoms with Crippen LogP contribution in [0.5, 0.6) is 5.75 Å². The molecule has 0 aromatic heterocycles. The standard InChI is InChI=1S/C23H28F6N2O3/c1-5-6-10-30-16-12-20(2,3)13-17(32)18(16)21(22(24,25)26,23(27,28)29)31-19(33)14-8-7-9-15(11-14)34-4/h7-9,11,30H,5-6,10,12-13H2,1-4H3,(H,31,33). The van der Waals surface area contributed by atoms with E-state index < -0.39 is 58.3 Å². The highest BCUT2D eigenvalue weighted by atomic mass is 19.4. The van der Waals surface area contributed by atoms with Gasteiger partial charge >= 0.3 is 12.4 Å². The molecular weight excluding hydrogens is 466 g/mol. The minimum absolute atomic E-state index is 0.0638. The first-order valence-corrected chi connectivity index (χ1v) is 10.7. The SMILES string of the molecule is CCCCNC1=C(C(NC(=O)c2cccc(OC)c2)(C(F)(F)F)C(F)(F)F)C(=O)CC(C)(C)C1. The summed E-state index contributed by atoms with van der Waals surface area (Å²) in [6.45, 7) is 5.05. The molecule has 1 aromatic carbocycles. The number of alkyl halides is 6. The zero-order chi connectivity index (χ0) is 25.9. The van der Waals surface area contributed by atoms with E-state index in [4.69, 9.17) is 4.74 Å². The van der Waals surface area contributed by atoms with Gasteiger partial charge in [-0.25, -0.2) is 0 Å². The Morgan fingerprint density at radius 2 is 1.71 bits per heavy atom. The van der Waals surface area contributed by atoms with E-state index in [0.29, 0.717) is 12.8 Å². The maximum Gasteiger partial charge on any atom is 0.425 e. The second-order valence-corrected chi connectivity index (χ2v) is 9.01. The number of methoxy groups -OCH3 is 1. The molecule has 5 nitrogen and oxygen atoms in total. The van der Waals surface area contributed by atoms with Gasteiger partial charge in [-0.05, 0) is 36.5 Å². The van der Waals surface area contributed by atoms with Gasteiger partial charge in [0.15, 0.2) is 5.78 Å². The summed E-state index contributed by atoms with van der Waals surface area (Å²) in [7, 11) is 1.23. The molecule has 0 fully saturated rings. The van der Waals surface area contributed by atoms with Crippen molar-refractivity contribution in [1.82, 2.24) is 10.6 Å². The van der Waals surface area contributed by atoms with Gasteiger partial charge in [-0.1, -0.05) is 33.3 Å². The predicted molar refractivity (Wildman–Crippen MR) is 113 cm³/mol. The summed E-state index contributed by atoms with van der Waals surface area (Å²) in [4.78, 5) is 25.7. The lowest BCUT2D eigenvalue weighted by Gasteiger charge is -2.43. The van der Waals surface area contributed by atoms with Crippen LogP contribution in [0.2, 0.25) is 0 Å². The van der Waals surface area contributed by atoms with Crippen LogP contribution >= 0.6 is 0 Å². The number of ether oxygens (including phenoxy) is 1. The van der Waals surface area contributed by atoms with Crippen LogP contribution in [-0.2, 0) is 4.79 Å². The number of allylic oxidation sites excluding steroid dienone is 1. The summed E-state index contributed by atoms with van der Waals surface area (Å²) >= 11 is 0. The molecule has 2 rings (SSSR count). The second kappa shape index (κ2) is 9.87. The molecule has 0 radical (unpaired) electrons. The van der Waals surface area contributed by atoms with Crippen LogP contribution in [0.15, 0.2) is 35.5 Å². The van der Waals surface area contributed by atoms with E-state index in [2.05, 4.69) is 5.32 Å². The second-order valence-electron chi connectivity index (χ2n) is 9.01. The van der Waals surface area contributed by atoms with Crippen LogP contribution in [0.4, 0.5) is 26.3 Å². The molecule has 0 unspecified atom stereocenters. The lowest BCUT2D eigenvalue weighted by atomic mass is 9.70. The van der Waals surface area contributed by atoms with Crippen molar-refractivity contribution >= 4 is 11.7 Å². The van der Waals surface area contributed by atoms with E-state index in [1.165, 1.54) is 19.2 Å². The van der Waals surface area contributed by atoms with Crippen molar-refractivity contribution in [3.63, 3.8) is 0 Å². The van der Waals surface area contributed by atoms with Gasteiger partial charge in [-0.15, -0.1) is 0 Å². The number of hydrogen-bond acceptors (Lipinski definition) is 4. The molecule has 0 saturated heterocycles. The maximum atomic E-state index is 14.4. The third kappa shape index (κ3) is 5.50. The molecule has 0 heterocycles. The summed E-state index contributed by atoms with van der Waals surface area (Å²) in [6.07, 6.45) is -11.8. The zero-order valence-electron chi connectivity index (χ0n) is 19.3. The molecule has 11 heteroatoms. The van der Waals surface area contributed by atoms with E-state index in [-0.39, 0.29) is 18.7 Å². The number of ketones is 1. The summed E-state index contributed by atoms with van der Waals surface area (Å²) in [5, 5.41) is 3.79. The molecule has 34 heavy (non-hydrogen) atoms. The Labute approximate surface area is 193 Å². The average molecular weight is 494 g/mol. The Morgan fingerprint density at radius 3 is 2.24 bits per heavy atom. The topological polar surface area (TPSA) is 67.4 Å². The number of benzene rings is 1. The van der Waals surface area contributed by atoms with Gasteiger partial charge in [-0.3, -0.25) is 9.59 Å². The first kappa shape index (κ1) is 27.5. The van der Waals surface area contributed by atoms with Crippen LogP contribution in [0.1, 0.15) is 56.8 Å². The van der Waals surface area contributed by atoms with Crippen molar-refractivity contribution < 1.29 is 40.7 Å². The molecule has 2 N–H and O–H groups in total. The molecule has 1 aliphatic carbocycles. The first-order valence-electron chi connectivity index (χ1n) is 10.7. The van der Waals surface area contributed by atoms with Crippen LogP contribution in [-0.4, -0.2) is 43.2 Å². The fourth-order valence-corrected chi connectivity index (χ4v) is 3.98. The van der Waals surface area contributed by atoms with Crippen molar-refractivity contribution in [1.29, 1.82) is 0 Å². The number of rotatable bonds is 8. The third-order valence-corrected chi connectivity index (χ3v) is 5.60. The molecule has 0 bridgehead atoms. The molecule has 1 amide bonds. The highest BCUT2D eigenvalue weighted by Gasteiger charge is 2.75. The molecule has 0 saturated carbocycles. The normalized spacial score (nSPS) is 16.9. The summed E-state index contributed by atoms with van der Waals surface area (Å²) in [5.41, 5.74) is -8.23. The van der Waals surface area contributed by atoms with Gasteiger partial charge in [0.25, 0.3) is 11.4 Å². The Hall–Kier alpha value is -2.72. The zero-order valence-corrected chi connectivity index (χ0v) is 19.3. The fraction of sp³-hybridized carbons (Fsp3) is 0.565. The Balaban J connectivity index is 2.77. The van der Waals surface area contributed by atoms with Crippen molar-refractivity contribution in [3.05, 3.63) is 41.1 Å². The van der Waals surface area contributed by atoms with Crippen LogP contribution in [0.25, 0.3) is 0 Å². The van der Waals surface area contributed by atoms with E-state index in [9.17, 15) is 35.9 Å². The first-order chi connectivity index (χ1) is 15.6. The average Bonchev–Trinajstić information content (AvgIpc) is 2.70. The number of hydrogen-bond donors (Lipinski definition) is 2. The Kier molecular flexibility index (Phi) is 7.99. The van der Waals surface area contributed by atoms with Gasteiger partial charge in [0, 0.05) is 24.2 Å². The van der Waals surface area contributed by atoms with E-state index in [0.717, 1.165) is 17.4 Å². The van der Waals surface area contributed by atoms with Gasteiger partial charge in [0.2, 0.25) is 0 Å². The highest BCUT2D eigenvalue weighted by Crippen LogP contribution is 2.52. The van der Waals surface area contributed by atoms with Gasteiger partial charge in [0.1, 0.15) is 5.75 Å². The Morgan fingerprint density at radius 1 is 1.09 bits per heavy atom. The number of amides is 1. The maximum absolute atomic E-state index is 14.4. The summed E-state index contributed by atoms with van der Waals surface area (Å²) < 4.78 is 91.5. The number of Topliss-reactive ketones (excluding diaryl/α,β-unsaturated/α-hetero) is 1. The number of carbonyl (C=O) groups is 2. The fourth-order valence-electron chi connectivity index (χ4n) is 3.98. The van der Waals surface area contributed by atoms with Crippen LogP contribution < -0.4 is 15.4 Å². The summed E-state index contributed by atoms with van der Waals surface area (Å²) in [6, 6.07) is 4.69. The van der Waals surface area contributed by atoms with E-state index >= 15 is 0 Å². The molecule has 0 spiro atoms. The lowest BCUT2D eigenvalue weighted by Crippen LogP contribution is -2.70. The molecule has 1 aliphatic rings. The molecule has 0 atom stereocenters. The lowest BCUT2D eigenvalue weighted by molar-refractivity contribution is -0.290. The van der Waals surface area contributed by atoms with Crippen LogP contribution in [0, 0.1) is 5.41 Å². The quantitative estimate of drug-likeness (QED) is 0.379. The molecule has 190 valence electrons. The number of carbonyl (C=O) groups excluding carboxylic acids is 2. The largest absolute Gasteiger partial charge is 0.497 e. The monoisotopic (exact) mass is 494 g/mol. The highest BCUT2D eigenvalue weighted by molar-refractivity contribution is 6.02. The van der Waals surface area contributed by atoms with Crippen molar-refractivity contribution in [2.45, 2.75) is 64.3 Å². The minimum atomic E-state index is -6.07. The van der Waals surface area contributed by atoms with E-state index in [1.54, 1.807) is 20.8 Å².